The number of nitrogens with two attached hydrogens (primary N) is 1. The van der Waals surface area contributed by atoms with Gasteiger partial charge in [0.1, 0.15) is 5.82 Å². The van der Waals surface area contributed by atoms with E-state index in [-0.39, 0.29) is 0 Å². The van der Waals surface area contributed by atoms with E-state index in [1.165, 1.54) is 0 Å². The lowest BCUT2D eigenvalue weighted by molar-refractivity contribution is 0.882. The number of aromatic nitrogens is 2. The van der Waals surface area contributed by atoms with Crippen molar-refractivity contribution in [3.05, 3.63) is 48.4 Å². The highest BCUT2D eigenvalue weighted by atomic mass is 15.1. The first-order valence-corrected chi connectivity index (χ1v) is 5.08. The monoisotopic (exact) mass is 214 g/mol. The quantitative estimate of drug-likeness (QED) is 0.844. The van der Waals surface area contributed by atoms with Crippen LogP contribution in [0.3, 0.4) is 0 Å². The predicted molar refractivity (Wildman–Crippen MR) is 65.0 cm³/mol. The zero-order valence-corrected chi connectivity index (χ0v) is 9.17. The molecule has 0 aliphatic carbocycles. The zero-order valence-electron chi connectivity index (χ0n) is 9.17. The van der Waals surface area contributed by atoms with Gasteiger partial charge in [0, 0.05) is 13.2 Å². The van der Waals surface area contributed by atoms with Crippen LogP contribution in [-0.2, 0) is 6.54 Å². The fourth-order valence-electron chi connectivity index (χ4n) is 1.45. The molecule has 2 heterocycles. The molecule has 2 N–H and O–H groups in total. The normalized spacial score (nSPS) is 10.1. The van der Waals surface area contributed by atoms with Gasteiger partial charge < -0.3 is 10.6 Å². The van der Waals surface area contributed by atoms with Crippen molar-refractivity contribution in [1.82, 2.24) is 9.97 Å². The number of pyridine rings is 2. The molecule has 0 saturated heterocycles. The summed E-state index contributed by atoms with van der Waals surface area (Å²) in [7, 11) is 2.00. The molecule has 0 radical (unpaired) electrons. The summed E-state index contributed by atoms with van der Waals surface area (Å²) < 4.78 is 0. The van der Waals surface area contributed by atoms with Gasteiger partial charge in [-0.25, -0.2) is 4.98 Å². The Bertz CT molecular complexity index is 438. The summed E-state index contributed by atoms with van der Waals surface area (Å²) in [4.78, 5) is 10.4. The van der Waals surface area contributed by atoms with Crippen molar-refractivity contribution in [3.63, 3.8) is 0 Å². The van der Waals surface area contributed by atoms with Gasteiger partial charge in [-0.2, -0.15) is 0 Å². The van der Waals surface area contributed by atoms with E-state index >= 15 is 0 Å². The minimum atomic E-state index is 0.537. The van der Waals surface area contributed by atoms with E-state index in [1.54, 1.807) is 18.5 Å². The minimum absolute atomic E-state index is 0.537. The van der Waals surface area contributed by atoms with Crippen molar-refractivity contribution in [2.45, 2.75) is 6.54 Å². The van der Waals surface area contributed by atoms with Gasteiger partial charge in [-0.3, -0.25) is 4.98 Å². The number of nitrogen functional groups attached to an aromatic ring is 1. The molecule has 0 aliphatic rings. The standard InChI is InChI=1S/C12H14N4/c1-16(9-10-4-2-3-7-14-10)11-5-6-12(13)15-8-11/h2-8H,9H2,1H3,(H2,13,15). The highest BCUT2D eigenvalue weighted by Gasteiger charge is 2.02. The molecule has 16 heavy (non-hydrogen) atoms. The Balaban J connectivity index is 2.09. The lowest BCUT2D eigenvalue weighted by Gasteiger charge is -2.18. The summed E-state index contributed by atoms with van der Waals surface area (Å²) in [5.74, 6) is 0.537. The smallest absolute Gasteiger partial charge is 0.123 e. The van der Waals surface area contributed by atoms with Gasteiger partial charge in [0.05, 0.1) is 24.1 Å². The molecule has 82 valence electrons. The number of anilines is 2. The minimum Gasteiger partial charge on any atom is -0.384 e. The molecule has 0 bridgehead atoms. The second-order valence-corrected chi connectivity index (χ2v) is 3.62. The lowest BCUT2D eigenvalue weighted by atomic mass is 10.3. The molecule has 0 spiro atoms. The van der Waals surface area contributed by atoms with Crippen LogP contribution in [0.15, 0.2) is 42.7 Å². The van der Waals surface area contributed by atoms with E-state index in [0.717, 1.165) is 17.9 Å². The number of rotatable bonds is 3. The van der Waals surface area contributed by atoms with Crippen molar-refractivity contribution in [2.75, 3.05) is 17.7 Å². The van der Waals surface area contributed by atoms with E-state index in [2.05, 4.69) is 14.9 Å². The summed E-state index contributed by atoms with van der Waals surface area (Å²) in [6.07, 6.45) is 3.56. The maximum Gasteiger partial charge on any atom is 0.123 e. The fraction of sp³-hybridized carbons (Fsp3) is 0.167. The second-order valence-electron chi connectivity index (χ2n) is 3.62. The van der Waals surface area contributed by atoms with Crippen molar-refractivity contribution in [1.29, 1.82) is 0 Å². The Kier molecular flexibility index (Phi) is 3.00. The predicted octanol–water partition coefficient (Wildman–Crippen LogP) is 1.70. The molecule has 0 aromatic carbocycles. The number of hydrogen-bond acceptors (Lipinski definition) is 4. The maximum absolute atomic E-state index is 5.54. The Morgan fingerprint density at radius 3 is 2.69 bits per heavy atom. The average molecular weight is 214 g/mol. The number of nitrogens with zero attached hydrogens (tertiary/aromatic N) is 3. The van der Waals surface area contributed by atoms with Crippen LogP contribution in [-0.4, -0.2) is 17.0 Å². The summed E-state index contributed by atoms with van der Waals surface area (Å²) in [6, 6.07) is 9.64. The highest BCUT2D eigenvalue weighted by Crippen LogP contribution is 2.14. The first-order valence-electron chi connectivity index (χ1n) is 5.08. The van der Waals surface area contributed by atoms with Crippen molar-refractivity contribution in [3.8, 4) is 0 Å². The van der Waals surface area contributed by atoms with E-state index in [1.807, 2.05) is 31.3 Å². The van der Waals surface area contributed by atoms with Crippen molar-refractivity contribution < 1.29 is 0 Å². The largest absolute Gasteiger partial charge is 0.384 e. The molecule has 0 atom stereocenters. The van der Waals surface area contributed by atoms with Crippen molar-refractivity contribution in [2.24, 2.45) is 0 Å². The van der Waals surface area contributed by atoms with Crippen molar-refractivity contribution >= 4 is 11.5 Å². The topological polar surface area (TPSA) is 55.0 Å². The molecular formula is C12H14N4. The Morgan fingerprint density at radius 1 is 1.19 bits per heavy atom. The third-order valence-corrected chi connectivity index (χ3v) is 2.34. The van der Waals surface area contributed by atoms with Crippen LogP contribution in [0.25, 0.3) is 0 Å². The first kappa shape index (κ1) is 10.4. The molecule has 0 fully saturated rings. The third kappa shape index (κ3) is 2.48. The number of hydrogen-bond donors (Lipinski definition) is 1. The molecule has 0 unspecified atom stereocenters. The lowest BCUT2D eigenvalue weighted by Crippen LogP contribution is -2.17. The molecule has 2 aromatic heterocycles. The molecule has 0 aliphatic heterocycles. The zero-order chi connectivity index (χ0) is 11.4. The van der Waals surface area contributed by atoms with Crippen LogP contribution in [0.1, 0.15) is 5.69 Å². The van der Waals surface area contributed by atoms with Crippen LogP contribution in [0.2, 0.25) is 0 Å². The Hall–Kier alpha value is -2.10. The van der Waals surface area contributed by atoms with Crippen LogP contribution in [0, 0.1) is 0 Å². The molecule has 2 rings (SSSR count). The van der Waals surface area contributed by atoms with Gasteiger partial charge in [0.15, 0.2) is 0 Å². The van der Waals surface area contributed by atoms with Gasteiger partial charge in [-0.15, -0.1) is 0 Å². The van der Waals surface area contributed by atoms with Gasteiger partial charge in [0.2, 0.25) is 0 Å². The van der Waals surface area contributed by atoms with Gasteiger partial charge in [-0.1, -0.05) is 6.07 Å². The summed E-state index contributed by atoms with van der Waals surface area (Å²) in [5.41, 5.74) is 7.59. The molecule has 4 heteroatoms. The second kappa shape index (κ2) is 4.61. The van der Waals surface area contributed by atoms with Gasteiger partial charge >= 0.3 is 0 Å². The van der Waals surface area contributed by atoms with Crippen LogP contribution in [0.4, 0.5) is 11.5 Å². The Morgan fingerprint density at radius 2 is 2.06 bits per heavy atom. The maximum atomic E-state index is 5.54. The van der Waals surface area contributed by atoms with E-state index in [9.17, 15) is 0 Å². The Labute approximate surface area is 94.8 Å². The van der Waals surface area contributed by atoms with Crippen LogP contribution < -0.4 is 10.6 Å². The molecule has 0 saturated carbocycles. The average Bonchev–Trinajstić information content (AvgIpc) is 2.31. The summed E-state index contributed by atoms with van der Waals surface area (Å²) in [6.45, 7) is 0.756. The van der Waals surface area contributed by atoms with Crippen LogP contribution >= 0.6 is 0 Å². The summed E-state index contributed by atoms with van der Waals surface area (Å²) in [5, 5.41) is 0. The van der Waals surface area contributed by atoms with Crippen LogP contribution in [0.5, 0.6) is 0 Å². The van der Waals surface area contributed by atoms with E-state index < -0.39 is 0 Å². The van der Waals surface area contributed by atoms with Gasteiger partial charge in [0.25, 0.3) is 0 Å². The SMILES string of the molecule is CN(Cc1ccccn1)c1ccc(N)nc1. The summed E-state index contributed by atoms with van der Waals surface area (Å²) >= 11 is 0. The molecule has 2 aromatic rings. The van der Waals surface area contributed by atoms with E-state index in [4.69, 9.17) is 5.73 Å². The van der Waals surface area contributed by atoms with E-state index in [0.29, 0.717) is 5.82 Å². The molecule has 4 nitrogen and oxygen atoms in total. The molecular weight excluding hydrogens is 200 g/mol. The van der Waals surface area contributed by atoms with Gasteiger partial charge in [-0.05, 0) is 24.3 Å². The molecule has 0 amide bonds. The fourth-order valence-corrected chi connectivity index (χ4v) is 1.45. The third-order valence-electron chi connectivity index (χ3n) is 2.34. The highest BCUT2D eigenvalue weighted by molar-refractivity contribution is 5.47. The first-order chi connectivity index (χ1) is 7.75.